The lowest BCUT2D eigenvalue weighted by Gasteiger charge is -2.45. The first-order chi connectivity index (χ1) is 13.3. The predicted octanol–water partition coefficient (Wildman–Crippen LogP) is 3.01. The van der Waals surface area contributed by atoms with Gasteiger partial charge in [-0.2, -0.15) is 17.7 Å². The van der Waals surface area contributed by atoms with Crippen LogP contribution in [0, 0.1) is 0 Å². The van der Waals surface area contributed by atoms with Crippen molar-refractivity contribution < 1.29 is 34.7 Å². The molecule has 0 spiro atoms. The van der Waals surface area contributed by atoms with E-state index in [1.54, 1.807) is 18.2 Å². The monoisotopic (exact) mass is 501 g/mol. The quantitative estimate of drug-likeness (QED) is 0.410. The van der Waals surface area contributed by atoms with E-state index in [9.17, 15) is 13.2 Å². The fourth-order valence-electron chi connectivity index (χ4n) is 3.59. The molecule has 0 amide bonds. The fraction of sp³-hybridized carbons (Fsp3) is 0.700. The van der Waals surface area contributed by atoms with Gasteiger partial charge in [0.2, 0.25) is 6.10 Å². The van der Waals surface area contributed by atoms with Crippen LogP contribution in [-0.2, 0) is 4.52 Å². The van der Waals surface area contributed by atoms with E-state index in [4.69, 9.17) is 4.52 Å². The molecule has 4 nitrogen and oxygen atoms in total. The molecule has 1 atom stereocenters. The molecule has 0 bridgehead atoms. The Morgan fingerprint density at radius 3 is 1.38 bits per heavy atom. The Morgan fingerprint density at radius 2 is 1.10 bits per heavy atom. The van der Waals surface area contributed by atoms with E-state index < -0.39 is 20.2 Å². The van der Waals surface area contributed by atoms with Gasteiger partial charge in [-0.15, -0.1) is 14.0 Å². The molecule has 0 saturated carbocycles. The minimum absolute atomic E-state index is 0. The van der Waals surface area contributed by atoms with Crippen molar-refractivity contribution in [3.8, 4) is 0 Å². The highest BCUT2D eigenvalue weighted by atomic mass is 79.9. The molecule has 0 heterocycles. The van der Waals surface area contributed by atoms with Crippen LogP contribution >= 0.6 is 7.94 Å². The van der Waals surface area contributed by atoms with Crippen molar-refractivity contribution in [2.45, 2.75) is 53.8 Å². The molecule has 9 heteroatoms. The zero-order valence-electron chi connectivity index (χ0n) is 18.4. The van der Waals surface area contributed by atoms with Gasteiger partial charge in [0.25, 0.3) is 0 Å². The largest absolute Gasteiger partial charge is 1.00 e. The Bertz CT molecular complexity index is 522. The summed E-state index contributed by atoms with van der Waals surface area (Å²) in [4.78, 5) is 0. The van der Waals surface area contributed by atoms with Gasteiger partial charge in [-0.1, -0.05) is 30.3 Å². The molecule has 0 N–H and O–H groups in total. The van der Waals surface area contributed by atoms with Gasteiger partial charge in [0.1, 0.15) is 0 Å². The molecular weight excluding hydrogens is 466 g/mol. The second kappa shape index (κ2) is 13.2. The van der Waals surface area contributed by atoms with Crippen LogP contribution in [0.2, 0.25) is 0 Å². The summed E-state index contributed by atoms with van der Waals surface area (Å²) in [6.07, 6.45) is -6.47. The van der Waals surface area contributed by atoms with Crippen molar-refractivity contribution >= 4 is 7.94 Å². The number of nitrogens with zero attached hydrogens (tertiary/aromatic N) is 3. The maximum absolute atomic E-state index is 14.2. The van der Waals surface area contributed by atoms with E-state index >= 15 is 0 Å². The van der Waals surface area contributed by atoms with Crippen LogP contribution in [0.25, 0.3) is 0 Å². The lowest BCUT2D eigenvalue weighted by atomic mass is 10.1. The van der Waals surface area contributed by atoms with Gasteiger partial charge in [-0.05, 0) is 47.1 Å². The van der Waals surface area contributed by atoms with Gasteiger partial charge < -0.3 is 17.0 Å². The van der Waals surface area contributed by atoms with E-state index in [1.807, 2.05) is 41.5 Å². The molecule has 0 aliphatic heterocycles. The summed E-state index contributed by atoms with van der Waals surface area (Å²) in [6.45, 7) is 15.6. The SMILES string of the molecule is CCN(CC)[P+](OC(c1ccccc1)C(F)(F)F)(N(CC)CC)N(CC)CC.[Br-]. The maximum atomic E-state index is 14.2. The molecule has 1 aromatic rings. The Hall–Kier alpha value is -0.240. The van der Waals surface area contributed by atoms with E-state index in [-0.39, 0.29) is 22.5 Å². The molecule has 0 aromatic heterocycles. The van der Waals surface area contributed by atoms with Crippen LogP contribution in [0.15, 0.2) is 30.3 Å². The molecular formula is C20H36BrF3N3OP. The molecule has 29 heavy (non-hydrogen) atoms. The van der Waals surface area contributed by atoms with Gasteiger partial charge in [0.15, 0.2) is 0 Å². The van der Waals surface area contributed by atoms with Crippen molar-refractivity contribution in [1.29, 1.82) is 0 Å². The number of hydrogen-bond donors (Lipinski definition) is 0. The van der Waals surface area contributed by atoms with E-state index in [0.717, 1.165) is 0 Å². The normalized spacial score (nSPS) is 13.8. The average molecular weight is 502 g/mol. The highest BCUT2D eigenvalue weighted by Gasteiger charge is 2.62. The summed E-state index contributed by atoms with van der Waals surface area (Å²) >= 11 is 0. The number of halogens is 4. The van der Waals surface area contributed by atoms with Crippen LogP contribution in [0.4, 0.5) is 13.2 Å². The summed E-state index contributed by atoms with van der Waals surface area (Å²) in [5.74, 6) is 0. The first-order valence-electron chi connectivity index (χ1n) is 10.2. The Balaban J connectivity index is 0.00000784. The summed E-state index contributed by atoms with van der Waals surface area (Å²) < 4.78 is 55.1. The van der Waals surface area contributed by atoms with E-state index in [2.05, 4.69) is 14.0 Å². The van der Waals surface area contributed by atoms with Gasteiger partial charge in [0, 0.05) is 39.3 Å². The fourth-order valence-corrected chi connectivity index (χ4v) is 7.80. The molecule has 0 aliphatic carbocycles. The van der Waals surface area contributed by atoms with Gasteiger partial charge in [-0.25, -0.2) is 0 Å². The second-order valence-corrected chi connectivity index (χ2v) is 9.30. The van der Waals surface area contributed by atoms with Crippen LogP contribution < -0.4 is 17.0 Å². The lowest BCUT2D eigenvalue weighted by molar-refractivity contribution is -0.201. The summed E-state index contributed by atoms with van der Waals surface area (Å²) in [5.41, 5.74) is 0.144. The molecule has 0 fully saturated rings. The third kappa shape index (κ3) is 6.62. The van der Waals surface area contributed by atoms with Crippen molar-refractivity contribution in [1.82, 2.24) is 14.0 Å². The van der Waals surface area contributed by atoms with Crippen molar-refractivity contribution in [3.63, 3.8) is 0 Å². The minimum atomic E-state index is -4.50. The highest BCUT2D eigenvalue weighted by molar-refractivity contribution is 7.64. The Kier molecular flexibility index (Phi) is 13.1. The molecule has 0 aliphatic rings. The van der Waals surface area contributed by atoms with Gasteiger partial charge >= 0.3 is 14.1 Å². The van der Waals surface area contributed by atoms with Crippen molar-refractivity contribution in [2.24, 2.45) is 0 Å². The Labute approximate surface area is 185 Å². The number of rotatable bonds is 12. The van der Waals surface area contributed by atoms with Gasteiger partial charge in [0.05, 0.1) is 0 Å². The number of benzene rings is 1. The maximum Gasteiger partial charge on any atom is 0.423 e. The van der Waals surface area contributed by atoms with Crippen molar-refractivity contribution in [3.05, 3.63) is 35.9 Å². The number of hydrogen-bond acceptors (Lipinski definition) is 4. The molecule has 1 aromatic carbocycles. The lowest BCUT2D eigenvalue weighted by Crippen LogP contribution is -3.00. The zero-order valence-corrected chi connectivity index (χ0v) is 20.9. The summed E-state index contributed by atoms with van der Waals surface area (Å²) in [7, 11) is -2.86. The van der Waals surface area contributed by atoms with Crippen molar-refractivity contribution in [2.75, 3.05) is 39.3 Å². The van der Waals surface area contributed by atoms with E-state index in [0.29, 0.717) is 39.3 Å². The van der Waals surface area contributed by atoms with Crippen LogP contribution in [0.5, 0.6) is 0 Å². The second-order valence-electron chi connectivity index (χ2n) is 6.37. The third-order valence-corrected chi connectivity index (χ3v) is 9.34. The predicted molar refractivity (Wildman–Crippen MR) is 112 cm³/mol. The molecule has 0 radical (unpaired) electrons. The average Bonchev–Trinajstić information content (AvgIpc) is 2.68. The molecule has 1 unspecified atom stereocenters. The molecule has 170 valence electrons. The summed E-state index contributed by atoms with van der Waals surface area (Å²) in [6, 6.07) is 7.98. The smallest absolute Gasteiger partial charge is 0.423 e. The molecule has 1 rings (SSSR count). The standard InChI is InChI=1S/C20H36F3N3OP.BrH/c1-7-24(8-2)28(25(9-3)10-4,26(11-5)12-6)27-19(20(21,22)23)18-16-14-13-15-17-18;/h13-17,19H,7-12H2,1-6H3;1H/q+1;/p-1. The zero-order chi connectivity index (χ0) is 21.4. The summed E-state index contributed by atoms with van der Waals surface area (Å²) in [5, 5.41) is 0. The molecule has 0 saturated heterocycles. The highest BCUT2D eigenvalue weighted by Crippen LogP contribution is 2.71. The van der Waals surface area contributed by atoms with Gasteiger partial charge in [-0.3, -0.25) is 0 Å². The first-order valence-corrected chi connectivity index (χ1v) is 11.8. The van der Waals surface area contributed by atoms with Crippen LogP contribution in [-0.4, -0.2) is 59.5 Å². The van der Waals surface area contributed by atoms with Crippen LogP contribution in [0.3, 0.4) is 0 Å². The minimum Gasteiger partial charge on any atom is -1.00 e. The third-order valence-electron chi connectivity index (χ3n) is 4.94. The van der Waals surface area contributed by atoms with Crippen LogP contribution in [0.1, 0.15) is 53.2 Å². The first kappa shape index (κ1) is 28.8. The Morgan fingerprint density at radius 1 is 0.759 bits per heavy atom. The topological polar surface area (TPSA) is 19.0 Å². The van der Waals surface area contributed by atoms with E-state index in [1.165, 1.54) is 12.1 Å². The number of alkyl halides is 3.